The van der Waals surface area contributed by atoms with Crippen LogP contribution in [0.1, 0.15) is 36.1 Å². The van der Waals surface area contributed by atoms with Crippen LogP contribution in [0.3, 0.4) is 0 Å². The van der Waals surface area contributed by atoms with E-state index < -0.39 is 0 Å². The minimum atomic E-state index is -0.192. The lowest BCUT2D eigenvalue weighted by Crippen LogP contribution is -2.25. The highest BCUT2D eigenvalue weighted by atomic mass is 16.1. The molecule has 0 atom stereocenters. The van der Waals surface area contributed by atoms with Gasteiger partial charge < -0.3 is 21.4 Å². The maximum atomic E-state index is 12.2. The molecular formula is C22H25N7O. The van der Waals surface area contributed by atoms with Gasteiger partial charge in [-0.2, -0.15) is 0 Å². The predicted octanol–water partition coefficient (Wildman–Crippen LogP) is 2.92. The Balaban J connectivity index is 1.46. The molecule has 3 heterocycles. The second kappa shape index (κ2) is 8.36. The Morgan fingerprint density at radius 3 is 2.70 bits per heavy atom. The summed E-state index contributed by atoms with van der Waals surface area (Å²) in [6.07, 6.45) is 4.02. The summed E-state index contributed by atoms with van der Waals surface area (Å²) in [5.74, 6) is 1.26. The molecule has 0 aliphatic carbocycles. The fourth-order valence-electron chi connectivity index (χ4n) is 3.64. The Morgan fingerprint density at radius 2 is 1.93 bits per heavy atom. The van der Waals surface area contributed by atoms with Gasteiger partial charge in [-0.1, -0.05) is 25.1 Å². The summed E-state index contributed by atoms with van der Waals surface area (Å²) in [4.78, 5) is 25.4. The standard InChI is InChI=1S/C22H25N7O/c1-2-18-28-19-20(15-7-3-4-8-16(15)27-21(19)24)29(18)12-6-5-11-25-22(30)17-10-9-14(23)13-26-17/h3-4,7-10,13H,2,5-6,11-12,23H2,1H3,(H2,24,27)(H,25,30). The molecule has 0 spiro atoms. The van der Waals surface area contributed by atoms with E-state index >= 15 is 0 Å². The lowest BCUT2D eigenvalue weighted by Gasteiger charge is -2.10. The van der Waals surface area contributed by atoms with Crippen LogP contribution in [0.4, 0.5) is 11.5 Å². The Morgan fingerprint density at radius 1 is 1.10 bits per heavy atom. The molecule has 0 fully saturated rings. The summed E-state index contributed by atoms with van der Waals surface area (Å²) in [5, 5.41) is 3.96. The number of hydrogen-bond donors (Lipinski definition) is 3. The maximum Gasteiger partial charge on any atom is 0.269 e. The highest BCUT2D eigenvalue weighted by Crippen LogP contribution is 2.29. The molecule has 8 heteroatoms. The lowest BCUT2D eigenvalue weighted by atomic mass is 10.2. The Kier molecular flexibility index (Phi) is 5.47. The van der Waals surface area contributed by atoms with E-state index in [1.807, 2.05) is 18.2 Å². The fraction of sp³-hybridized carbons (Fsp3) is 0.273. The summed E-state index contributed by atoms with van der Waals surface area (Å²) < 4.78 is 2.24. The number of benzene rings is 1. The van der Waals surface area contributed by atoms with E-state index in [9.17, 15) is 4.79 Å². The molecule has 30 heavy (non-hydrogen) atoms. The van der Waals surface area contributed by atoms with Gasteiger partial charge in [0.15, 0.2) is 5.82 Å². The quantitative estimate of drug-likeness (QED) is 0.408. The van der Waals surface area contributed by atoms with Gasteiger partial charge in [-0.15, -0.1) is 0 Å². The van der Waals surface area contributed by atoms with Gasteiger partial charge in [0, 0.05) is 24.9 Å². The fourth-order valence-corrected chi connectivity index (χ4v) is 3.64. The molecule has 0 unspecified atom stereocenters. The van der Waals surface area contributed by atoms with Crippen LogP contribution in [-0.4, -0.2) is 32.0 Å². The molecule has 8 nitrogen and oxygen atoms in total. The Labute approximate surface area is 174 Å². The molecule has 4 rings (SSSR count). The van der Waals surface area contributed by atoms with Crippen LogP contribution in [0.5, 0.6) is 0 Å². The van der Waals surface area contributed by atoms with Gasteiger partial charge in [0.2, 0.25) is 0 Å². The zero-order valence-electron chi connectivity index (χ0n) is 16.9. The molecule has 0 aliphatic heterocycles. The Bertz CT molecular complexity index is 1200. The van der Waals surface area contributed by atoms with Gasteiger partial charge >= 0.3 is 0 Å². The number of hydrogen-bond acceptors (Lipinski definition) is 6. The van der Waals surface area contributed by atoms with Gasteiger partial charge in [-0.3, -0.25) is 4.79 Å². The summed E-state index contributed by atoms with van der Waals surface area (Å²) in [7, 11) is 0. The molecule has 1 aromatic carbocycles. The van der Waals surface area contributed by atoms with Crippen molar-refractivity contribution >= 4 is 39.3 Å². The minimum Gasteiger partial charge on any atom is -0.397 e. The average Bonchev–Trinajstić information content (AvgIpc) is 3.13. The van der Waals surface area contributed by atoms with Crippen LogP contribution in [0, 0.1) is 0 Å². The molecule has 0 bridgehead atoms. The van der Waals surface area contributed by atoms with E-state index in [-0.39, 0.29) is 5.91 Å². The number of amides is 1. The first-order valence-electron chi connectivity index (χ1n) is 10.1. The number of imidazole rings is 1. The molecule has 5 N–H and O–H groups in total. The lowest BCUT2D eigenvalue weighted by molar-refractivity contribution is 0.0948. The van der Waals surface area contributed by atoms with Gasteiger partial charge in [-0.25, -0.2) is 15.0 Å². The second-order valence-corrected chi connectivity index (χ2v) is 7.18. The molecule has 0 radical (unpaired) electrons. The normalized spacial score (nSPS) is 11.2. The van der Waals surface area contributed by atoms with E-state index in [4.69, 9.17) is 16.5 Å². The number of unbranched alkanes of at least 4 members (excludes halogenated alkanes) is 1. The number of rotatable bonds is 7. The van der Waals surface area contributed by atoms with E-state index in [1.165, 1.54) is 6.20 Å². The highest BCUT2D eigenvalue weighted by molar-refractivity contribution is 6.06. The first-order chi connectivity index (χ1) is 14.6. The number of carbonyl (C=O) groups excluding carboxylic acids is 1. The van der Waals surface area contributed by atoms with E-state index in [0.29, 0.717) is 23.7 Å². The second-order valence-electron chi connectivity index (χ2n) is 7.18. The monoisotopic (exact) mass is 403 g/mol. The first-order valence-corrected chi connectivity index (χ1v) is 10.1. The molecule has 0 aliphatic rings. The number of nitrogen functional groups attached to an aromatic ring is 2. The van der Waals surface area contributed by atoms with Crippen molar-refractivity contribution in [2.45, 2.75) is 32.7 Å². The molecule has 0 saturated carbocycles. The number of pyridine rings is 2. The number of anilines is 2. The van der Waals surface area contributed by atoms with Gasteiger partial charge in [0.1, 0.15) is 17.0 Å². The maximum absolute atomic E-state index is 12.2. The van der Waals surface area contributed by atoms with Crippen LogP contribution < -0.4 is 16.8 Å². The number of carbonyl (C=O) groups is 1. The van der Waals surface area contributed by atoms with E-state index in [1.54, 1.807) is 12.1 Å². The largest absolute Gasteiger partial charge is 0.397 e. The van der Waals surface area contributed by atoms with E-state index in [2.05, 4.69) is 32.8 Å². The van der Waals surface area contributed by atoms with Crippen molar-refractivity contribution in [1.82, 2.24) is 24.8 Å². The zero-order chi connectivity index (χ0) is 21.1. The van der Waals surface area contributed by atoms with Crippen molar-refractivity contribution in [1.29, 1.82) is 0 Å². The molecule has 3 aromatic heterocycles. The summed E-state index contributed by atoms with van der Waals surface area (Å²) in [6, 6.07) is 11.3. The Hall–Kier alpha value is -3.68. The summed E-state index contributed by atoms with van der Waals surface area (Å²) >= 11 is 0. The molecule has 1 amide bonds. The first kappa shape index (κ1) is 19.6. The number of nitrogens with one attached hydrogen (secondary N) is 1. The SMILES string of the molecule is CCc1nc2c(N)nc3ccccc3c2n1CCCCNC(=O)c1ccc(N)cn1. The third-order valence-corrected chi connectivity index (χ3v) is 5.12. The van der Waals surface area contributed by atoms with Crippen molar-refractivity contribution in [2.75, 3.05) is 18.0 Å². The number of aromatic nitrogens is 4. The third kappa shape index (κ3) is 3.76. The van der Waals surface area contributed by atoms with Crippen molar-refractivity contribution in [3.63, 3.8) is 0 Å². The minimum absolute atomic E-state index is 0.192. The van der Waals surface area contributed by atoms with Crippen molar-refractivity contribution in [2.24, 2.45) is 0 Å². The highest BCUT2D eigenvalue weighted by Gasteiger charge is 2.16. The third-order valence-electron chi connectivity index (χ3n) is 5.12. The van der Waals surface area contributed by atoms with Crippen molar-refractivity contribution in [3.05, 3.63) is 54.1 Å². The zero-order valence-corrected chi connectivity index (χ0v) is 16.9. The topological polar surface area (TPSA) is 125 Å². The van der Waals surface area contributed by atoms with Crippen LogP contribution in [0.15, 0.2) is 42.6 Å². The van der Waals surface area contributed by atoms with Crippen LogP contribution >= 0.6 is 0 Å². The van der Waals surface area contributed by atoms with Gasteiger partial charge in [0.25, 0.3) is 5.91 Å². The predicted molar refractivity (Wildman–Crippen MR) is 119 cm³/mol. The van der Waals surface area contributed by atoms with Crippen LogP contribution in [0.25, 0.3) is 21.9 Å². The van der Waals surface area contributed by atoms with Crippen molar-refractivity contribution in [3.8, 4) is 0 Å². The summed E-state index contributed by atoms with van der Waals surface area (Å²) in [6.45, 7) is 3.45. The van der Waals surface area contributed by atoms with Gasteiger partial charge in [-0.05, 0) is 31.0 Å². The molecular weight excluding hydrogens is 378 g/mol. The average molecular weight is 403 g/mol. The molecule has 4 aromatic rings. The summed E-state index contributed by atoms with van der Waals surface area (Å²) in [5.41, 5.74) is 15.4. The number of fused-ring (bicyclic) bond motifs is 3. The smallest absolute Gasteiger partial charge is 0.269 e. The van der Waals surface area contributed by atoms with Crippen molar-refractivity contribution < 1.29 is 4.79 Å². The number of para-hydroxylation sites is 1. The molecule has 0 saturated heterocycles. The van der Waals surface area contributed by atoms with Crippen LogP contribution in [-0.2, 0) is 13.0 Å². The van der Waals surface area contributed by atoms with E-state index in [0.717, 1.165) is 53.6 Å². The number of aryl methyl sites for hydroxylation is 2. The van der Waals surface area contributed by atoms with Gasteiger partial charge in [0.05, 0.1) is 22.9 Å². The number of nitrogens with two attached hydrogens (primary N) is 2. The molecule has 154 valence electrons. The van der Waals surface area contributed by atoms with Crippen LogP contribution in [0.2, 0.25) is 0 Å². The number of nitrogens with zero attached hydrogens (tertiary/aromatic N) is 4.